The van der Waals surface area contributed by atoms with E-state index in [0.29, 0.717) is 0 Å². The number of ether oxygens (including phenoxy) is 2. The fraction of sp³-hybridized carbons (Fsp3) is 0.200. The number of benzene rings is 2. The topological polar surface area (TPSA) is 38.7 Å². The highest BCUT2D eigenvalue weighted by Gasteiger charge is 2.13. The highest BCUT2D eigenvalue weighted by molar-refractivity contribution is 9.10. The maximum absolute atomic E-state index is 10.4. The molecule has 100 valence electrons. The Bertz CT molecular complexity index is 569. The van der Waals surface area contributed by atoms with Crippen molar-refractivity contribution in [2.45, 2.75) is 6.10 Å². The van der Waals surface area contributed by atoms with Crippen LogP contribution in [0.15, 0.2) is 46.9 Å². The lowest BCUT2D eigenvalue weighted by molar-refractivity contribution is 0.219. The second kappa shape index (κ2) is 6.08. The Morgan fingerprint density at radius 2 is 1.74 bits per heavy atom. The number of aliphatic hydroxyl groups is 1. The molecule has 2 rings (SSSR count). The summed E-state index contributed by atoms with van der Waals surface area (Å²) in [5.74, 6) is 1.46. The molecule has 0 aliphatic rings. The third-order valence-electron chi connectivity index (χ3n) is 2.90. The van der Waals surface area contributed by atoms with Gasteiger partial charge in [0.05, 0.1) is 18.7 Å². The minimum Gasteiger partial charge on any atom is -0.497 e. The fourth-order valence-corrected chi connectivity index (χ4v) is 2.42. The standard InChI is InChI=1S/C15H15BrO3/c1-18-12-5-3-4-10(8-12)15(17)11-6-7-14(19-2)13(16)9-11/h3-9,15,17H,1-2H3. The molecule has 3 nitrogen and oxygen atoms in total. The summed E-state index contributed by atoms with van der Waals surface area (Å²) < 4.78 is 11.1. The highest BCUT2D eigenvalue weighted by atomic mass is 79.9. The number of halogens is 1. The Balaban J connectivity index is 2.32. The van der Waals surface area contributed by atoms with Crippen LogP contribution in [0.2, 0.25) is 0 Å². The zero-order valence-corrected chi connectivity index (χ0v) is 12.3. The maximum Gasteiger partial charge on any atom is 0.133 e. The highest BCUT2D eigenvalue weighted by Crippen LogP contribution is 2.31. The molecule has 4 heteroatoms. The molecule has 1 atom stereocenters. The van der Waals surface area contributed by atoms with Gasteiger partial charge in [0.2, 0.25) is 0 Å². The third kappa shape index (κ3) is 3.08. The Morgan fingerprint density at radius 3 is 2.37 bits per heavy atom. The average molecular weight is 323 g/mol. The van der Waals surface area contributed by atoms with Gasteiger partial charge in [-0.1, -0.05) is 18.2 Å². The van der Waals surface area contributed by atoms with Crippen molar-refractivity contribution in [1.82, 2.24) is 0 Å². The molecular formula is C15H15BrO3. The van der Waals surface area contributed by atoms with Gasteiger partial charge in [0, 0.05) is 0 Å². The van der Waals surface area contributed by atoms with Crippen molar-refractivity contribution in [3.63, 3.8) is 0 Å². The number of hydrogen-bond donors (Lipinski definition) is 1. The molecule has 0 spiro atoms. The molecular weight excluding hydrogens is 308 g/mol. The van der Waals surface area contributed by atoms with Crippen LogP contribution in [0, 0.1) is 0 Å². The SMILES string of the molecule is COc1cccc(C(O)c2ccc(OC)c(Br)c2)c1. The lowest BCUT2D eigenvalue weighted by atomic mass is 10.0. The van der Waals surface area contributed by atoms with Gasteiger partial charge in [-0.25, -0.2) is 0 Å². The quantitative estimate of drug-likeness (QED) is 0.935. The summed E-state index contributed by atoms with van der Waals surface area (Å²) in [4.78, 5) is 0. The zero-order chi connectivity index (χ0) is 13.8. The summed E-state index contributed by atoms with van der Waals surface area (Å²) in [5, 5.41) is 10.4. The number of methoxy groups -OCH3 is 2. The minimum absolute atomic E-state index is 0.697. The van der Waals surface area contributed by atoms with Crippen LogP contribution in [0.4, 0.5) is 0 Å². The summed E-state index contributed by atoms with van der Waals surface area (Å²) in [6.07, 6.45) is -0.697. The van der Waals surface area contributed by atoms with Crippen molar-refractivity contribution >= 4 is 15.9 Å². The first-order valence-electron chi connectivity index (χ1n) is 5.81. The predicted molar refractivity (Wildman–Crippen MR) is 77.7 cm³/mol. The van der Waals surface area contributed by atoms with Gasteiger partial charge in [-0.3, -0.25) is 0 Å². The van der Waals surface area contributed by atoms with Gasteiger partial charge in [-0.15, -0.1) is 0 Å². The van der Waals surface area contributed by atoms with Gasteiger partial charge in [-0.2, -0.15) is 0 Å². The van der Waals surface area contributed by atoms with Crippen LogP contribution in [0.1, 0.15) is 17.2 Å². The van der Waals surface area contributed by atoms with E-state index in [1.807, 2.05) is 42.5 Å². The van der Waals surface area contributed by atoms with Crippen LogP contribution in [0.25, 0.3) is 0 Å². The third-order valence-corrected chi connectivity index (χ3v) is 3.52. The van der Waals surface area contributed by atoms with Crippen LogP contribution in [0.5, 0.6) is 11.5 Å². The van der Waals surface area contributed by atoms with E-state index in [0.717, 1.165) is 27.1 Å². The Hall–Kier alpha value is -1.52. The fourth-order valence-electron chi connectivity index (χ4n) is 1.86. The van der Waals surface area contributed by atoms with Gasteiger partial charge in [0.15, 0.2) is 0 Å². The predicted octanol–water partition coefficient (Wildman–Crippen LogP) is 3.55. The number of rotatable bonds is 4. The summed E-state index contributed by atoms with van der Waals surface area (Å²) in [7, 11) is 3.22. The van der Waals surface area contributed by atoms with Crippen molar-refractivity contribution in [3.05, 3.63) is 58.1 Å². The van der Waals surface area contributed by atoms with E-state index >= 15 is 0 Å². The molecule has 0 amide bonds. The molecule has 19 heavy (non-hydrogen) atoms. The lowest BCUT2D eigenvalue weighted by Crippen LogP contribution is -2.00. The smallest absolute Gasteiger partial charge is 0.133 e. The molecule has 1 N–H and O–H groups in total. The van der Waals surface area contributed by atoms with E-state index in [-0.39, 0.29) is 0 Å². The van der Waals surface area contributed by atoms with E-state index in [4.69, 9.17) is 9.47 Å². The van der Waals surface area contributed by atoms with Crippen molar-refractivity contribution in [1.29, 1.82) is 0 Å². The second-order valence-corrected chi connectivity index (χ2v) is 4.93. The zero-order valence-electron chi connectivity index (χ0n) is 10.8. The summed E-state index contributed by atoms with van der Waals surface area (Å²) >= 11 is 3.42. The number of hydrogen-bond acceptors (Lipinski definition) is 3. The molecule has 0 aliphatic heterocycles. The summed E-state index contributed by atoms with van der Waals surface area (Å²) in [5.41, 5.74) is 1.58. The Morgan fingerprint density at radius 1 is 1.00 bits per heavy atom. The van der Waals surface area contributed by atoms with Gasteiger partial charge < -0.3 is 14.6 Å². The molecule has 0 aromatic heterocycles. The van der Waals surface area contributed by atoms with E-state index < -0.39 is 6.10 Å². The number of aliphatic hydroxyl groups excluding tert-OH is 1. The first kappa shape index (κ1) is 13.9. The Labute approximate surface area is 120 Å². The van der Waals surface area contributed by atoms with Crippen LogP contribution < -0.4 is 9.47 Å². The normalized spacial score (nSPS) is 12.0. The summed E-state index contributed by atoms with van der Waals surface area (Å²) in [6, 6.07) is 12.9. The van der Waals surface area contributed by atoms with Crippen molar-refractivity contribution in [3.8, 4) is 11.5 Å². The van der Waals surface area contributed by atoms with Gasteiger partial charge in [0.1, 0.15) is 17.6 Å². The van der Waals surface area contributed by atoms with E-state index in [1.165, 1.54) is 0 Å². The van der Waals surface area contributed by atoms with Crippen LogP contribution in [-0.4, -0.2) is 19.3 Å². The van der Waals surface area contributed by atoms with Gasteiger partial charge >= 0.3 is 0 Å². The Kier molecular flexibility index (Phi) is 4.45. The molecule has 0 saturated heterocycles. The average Bonchev–Trinajstić information content (AvgIpc) is 2.46. The molecule has 2 aromatic rings. The molecule has 1 unspecified atom stereocenters. The van der Waals surface area contributed by atoms with Gasteiger partial charge in [-0.05, 0) is 51.3 Å². The second-order valence-electron chi connectivity index (χ2n) is 4.07. The lowest BCUT2D eigenvalue weighted by Gasteiger charge is -2.14. The monoisotopic (exact) mass is 322 g/mol. The molecule has 0 heterocycles. The first-order chi connectivity index (χ1) is 9.15. The van der Waals surface area contributed by atoms with Crippen molar-refractivity contribution < 1.29 is 14.6 Å². The van der Waals surface area contributed by atoms with Gasteiger partial charge in [0.25, 0.3) is 0 Å². The van der Waals surface area contributed by atoms with Crippen molar-refractivity contribution in [2.75, 3.05) is 14.2 Å². The maximum atomic E-state index is 10.4. The van der Waals surface area contributed by atoms with Crippen LogP contribution in [-0.2, 0) is 0 Å². The summed E-state index contributed by atoms with van der Waals surface area (Å²) in [6.45, 7) is 0. The molecule has 0 aliphatic carbocycles. The van der Waals surface area contributed by atoms with E-state index in [2.05, 4.69) is 15.9 Å². The van der Waals surface area contributed by atoms with E-state index in [9.17, 15) is 5.11 Å². The van der Waals surface area contributed by atoms with Crippen molar-refractivity contribution in [2.24, 2.45) is 0 Å². The first-order valence-corrected chi connectivity index (χ1v) is 6.60. The van der Waals surface area contributed by atoms with E-state index in [1.54, 1.807) is 14.2 Å². The molecule has 0 radical (unpaired) electrons. The molecule has 0 fully saturated rings. The molecule has 0 bridgehead atoms. The molecule has 0 saturated carbocycles. The molecule has 2 aromatic carbocycles. The van der Waals surface area contributed by atoms with Crippen LogP contribution in [0.3, 0.4) is 0 Å². The van der Waals surface area contributed by atoms with Crippen LogP contribution >= 0.6 is 15.9 Å². The minimum atomic E-state index is -0.697. The largest absolute Gasteiger partial charge is 0.497 e.